The summed E-state index contributed by atoms with van der Waals surface area (Å²) in [7, 11) is 5.54. The summed E-state index contributed by atoms with van der Waals surface area (Å²) in [5, 5.41) is 0. The molecule has 0 spiro atoms. The molecule has 1 fully saturated rings. The van der Waals surface area contributed by atoms with Crippen LogP contribution < -0.4 is 15.5 Å². The number of nitrogens with zero attached hydrogens (tertiary/aromatic N) is 4. The molecule has 6 nitrogen and oxygen atoms in total. The zero-order valence-corrected chi connectivity index (χ0v) is 10.5. The first kappa shape index (κ1) is 12.1. The number of ether oxygens (including phenoxy) is 1. The number of aromatic nitrogens is 2. The summed E-state index contributed by atoms with van der Waals surface area (Å²) in [4.78, 5) is 12.7. The molecule has 17 heavy (non-hydrogen) atoms. The van der Waals surface area contributed by atoms with Gasteiger partial charge in [-0.15, -0.1) is 0 Å². The number of rotatable bonds is 3. The fourth-order valence-electron chi connectivity index (χ4n) is 1.97. The van der Waals surface area contributed by atoms with E-state index in [4.69, 9.17) is 10.5 Å². The molecule has 2 atom stereocenters. The van der Waals surface area contributed by atoms with E-state index < -0.39 is 0 Å². The number of methoxy groups -OCH3 is 1. The lowest BCUT2D eigenvalue weighted by molar-refractivity contribution is 0.108. The molecule has 0 aromatic carbocycles. The van der Waals surface area contributed by atoms with Crippen LogP contribution in [0, 0.1) is 0 Å². The third-order valence-corrected chi connectivity index (χ3v) is 2.96. The molecule has 1 aliphatic rings. The molecule has 2 unspecified atom stereocenters. The van der Waals surface area contributed by atoms with Crippen molar-refractivity contribution < 1.29 is 4.74 Å². The second-order valence-corrected chi connectivity index (χ2v) is 4.45. The van der Waals surface area contributed by atoms with Crippen molar-refractivity contribution in [2.24, 2.45) is 5.73 Å². The summed E-state index contributed by atoms with van der Waals surface area (Å²) in [6.45, 7) is 1.55. The maximum atomic E-state index is 5.99. The molecule has 0 amide bonds. The SMILES string of the molecule is COC1CN(c2ccnc(N(C)C)n2)CC1N. The Morgan fingerprint density at radius 3 is 2.82 bits per heavy atom. The van der Waals surface area contributed by atoms with Crippen molar-refractivity contribution in [3.8, 4) is 0 Å². The highest BCUT2D eigenvalue weighted by molar-refractivity contribution is 5.44. The Hall–Kier alpha value is -1.40. The summed E-state index contributed by atoms with van der Waals surface area (Å²) < 4.78 is 5.33. The number of hydrogen-bond donors (Lipinski definition) is 1. The summed E-state index contributed by atoms with van der Waals surface area (Å²) in [5.74, 6) is 1.61. The normalized spacial score (nSPS) is 24.1. The van der Waals surface area contributed by atoms with Gasteiger partial charge in [0.25, 0.3) is 0 Å². The highest BCUT2D eigenvalue weighted by Gasteiger charge is 2.30. The predicted octanol–water partition coefficient (Wildman–Crippen LogP) is -0.295. The highest BCUT2D eigenvalue weighted by atomic mass is 16.5. The largest absolute Gasteiger partial charge is 0.378 e. The van der Waals surface area contributed by atoms with Gasteiger partial charge in [0.05, 0.1) is 12.1 Å². The zero-order valence-electron chi connectivity index (χ0n) is 10.5. The lowest BCUT2D eigenvalue weighted by Crippen LogP contribution is -2.34. The fourth-order valence-corrected chi connectivity index (χ4v) is 1.97. The van der Waals surface area contributed by atoms with Gasteiger partial charge >= 0.3 is 0 Å². The van der Waals surface area contributed by atoms with Gasteiger partial charge in [-0.1, -0.05) is 0 Å². The number of nitrogens with two attached hydrogens (primary N) is 1. The van der Waals surface area contributed by atoms with E-state index in [1.165, 1.54) is 0 Å². The van der Waals surface area contributed by atoms with Gasteiger partial charge < -0.3 is 20.3 Å². The highest BCUT2D eigenvalue weighted by Crippen LogP contribution is 2.20. The van der Waals surface area contributed by atoms with Crippen LogP contribution in [0.25, 0.3) is 0 Å². The standard InChI is InChI=1S/C11H19N5O/c1-15(2)11-13-5-4-10(14-11)16-6-8(12)9(7-16)17-3/h4-5,8-9H,6-7,12H2,1-3H3. The van der Waals surface area contributed by atoms with Crippen molar-refractivity contribution >= 4 is 11.8 Å². The first-order valence-corrected chi connectivity index (χ1v) is 5.65. The number of anilines is 2. The molecule has 1 aromatic heterocycles. The maximum absolute atomic E-state index is 5.99. The van der Waals surface area contributed by atoms with Crippen LogP contribution in [-0.4, -0.2) is 56.4 Å². The van der Waals surface area contributed by atoms with Crippen LogP contribution in [0.2, 0.25) is 0 Å². The Labute approximate surface area is 101 Å². The lowest BCUT2D eigenvalue weighted by Gasteiger charge is -2.18. The Bertz CT molecular complexity index is 384. The fraction of sp³-hybridized carbons (Fsp3) is 0.636. The van der Waals surface area contributed by atoms with E-state index in [0.717, 1.165) is 18.9 Å². The van der Waals surface area contributed by atoms with Crippen LogP contribution in [0.15, 0.2) is 12.3 Å². The van der Waals surface area contributed by atoms with E-state index in [9.17, 15) is 0 Å². The second kappa shape index (κ2) is 4.85. The molecule has 1 aromatic rings. The van der Waals surface area contributed by atoms with Crippen LogP contribution in [0.5, 0.6) is 0 Å². The average molecular weight is 237 g/mol. The first-order valence-electron chi connectivity index (χ1n) is 5.65. The Morgan fingerprint density at radius 2 is 2.24 bits per heavy atom. The monoisotopic (exact) mass is 237 g/mol. The van der Waals surface area contributed by atoms with Crippen LogP contribution >= 0.6 is 0 Å². The van der Waals surface area contributed by atoms with Gasteiger partial charge in [0.2, 0.25) is 5.95 Å². The molecule has 0 saturated carbocycles. The molecule has 0 aliphatic carbocycles. The van der Waals surface area contributed by atoms with Gasteiger partial charge in [0, 0.05) is 40.5 Å². The van der Waals surface area contributed by atoms with Crippen LogP contribution in [-0.2, 0) is 4.74 Å². The molecule has 0 radical (unpaired) electrons. The molecule has 1 saturated heterocycles. The van der Waals surface area contributed by atoms with Gasteiger partial charge in [0.1, 0.15) is 5.82 Å². The molecule has 2 N–H and O–H groups in total. The second-order valence-electron chi connectivity index (χ2n) is 4.45. The minimum atomic E-state index is 0.0396. The molecule has 2 rings (SSSR count). The van der Waals surface area contributed by atoms with E-state index in [-0.39, 0.29) is 12.1 Å². The van der Waals surface area contributed by atoms with Gasteiger partial charge in [0.15, 0.2) is 0 Å². The Balaban J connectivity index is 2.15. The van der Waals surface area contributed by atoms with Gasteiger partial charge in [-0.3, -0.25) is 0 Å². The van der Waals surface area contributed by atoms with Crippen molar-refractivity contribution in [2.45, 2.75) is 12.1 Å². The van der Waals surface area contributed by atoms with E-state index in [1.807, 2.05) is 25.1 Å². The topological polar surface area (TPSA) is 67.5 Å². The summed E-state index contributed by atoms with van der Waals surface area (Å²) in [5.41, 5.74) is 5.99. The smallest absolute Gasteiger partial charge is 0.226 e. The van der Waals surface area contributed by atoms with Crippen LogP contribution in [0.3, 0.4) is 0 Å². The van der Waals surface area contributed by atoms with Crippen molar-refractivity contribution in [3.63, 3.8) is 0 Å². The van der Waals surface area contributed by atoms with Crippen molar-refractivity contribution in [1.29, 1.82) is 0 Å². The first-order chi connectivity index (χ1) is 8.11. The van der Waals surface area contributed by atoms with Gasteiger partial charge in [-0.25, -0.2) is 4.98 Å². The molecular formula is C11H19N5O. The average Bonchev–Trinajstić information content (AvgIpc) is 2.71. The van der Waals surface area contributed by atoms with Crippen LogP contribution in [0.1, 0.15) is 0 Å². The molecular weight excluding hydrogens is 218 g/mol. The van der Waals surface area contributed by atoms with E-state index >= 15 is 0 Å². The maximum Gasteiger partial charge on any atom is 0.226 e. The third kappa shape index (κ3) is 2.48. The summed E-state index contributed by atoms with van der Waals surface area (Å²) >= 11 is 0. The molecule has 94 valence electrons. The summed E-state index contributed by atoms with van der Waals surface area (Å²) in [6, 6.07) is 1.94. The van der Waals surface area contributed by atoms with Crippen molar-refractivity contribution in [3.05, 3.63) is 12.3 Å². The molecule has 2 heterocycles. The Kier molecular flexibility index (Phi) is 3.44. The molecule has 0 bridgehead atoms. The zero-order chi connectivity index (χ0) is 12.4. The van der Waals surface area contributed by atoms with Gasteiger partial charge in [-0.2, -0.15) is 4.98 Å². The minimum absolute atomic E-state index is 0.0396. The quantitative estimate of drug-likeness (QED) is 0.779. The van der Waals surface area contributed by atoms with Crippen molar-refractivity contribution in [2.75, 3.05) is 44.1 Å². The predicted molar refractivity (Wildman–Crippen MR) is 67.3 cm³/mol. The molecule has 6 heteroatoms. The van der Waals surface area contributed by atoms with E-state index in [1.54, 1.807) is 13.3 Å². The summed E-state index contributed by atoms with van der Waals surface area (Å²) in [6.07, 6.45) is 1.84. The lowest BCUT2D eigenvalue weighted by atomic mass is 10.2. The third-order valence-electron chi connectivity index (χ3n) is 2.96. The van der Waals surface area contributed by atoms with Gasteiger partial charge in [-0.05, 0) is 6.07 Å². The van der Waals surface area contributed by atoms with E-state index in [2.05, 4.69) is 14.9 Å². The van der Waals surface area contributed by atoms with E-state index in [0.29, 0.717) is 5.95 Å². The van der Waals surface area contributed by atoms with Crippen molar-refractivity contribution in [1.82, 2.24) is 9.97 Å². The molecule has 1 aliphatic heterocycles. The minimum Gasteiger partial charge on any atom is -0.378 e. The van der Waals surface area contributed by atoms with Crippen LogP contribution in [0.4, 0.5) is 11.8 Å². The Morgan fingerprint density at radius 1 is 1.47 bits per heavy atom. The number of hydrogen-bond acceptors (Lipinski definition) is 6.